The number of rotatable bonds is 3. The van der Waals surface area contributed by atoms with Gasteiger partial charge in [0.1, 0.15) is 0 Å². The number of nitrogens with zero attached hydrogens (tertiary/aromatic N) is 1. The third kappa shape index (κ3) is 1.88. The number of hydrogen-bond donors (Lipinski definition) is 1. The van der Waals surface area contributed by atoms with Gasteiger partial charge >= 0.3 is 0 Å². The van der Waals surface area contributed by atoms with Crippen molar-refractivity contribution in [2.75, 3.05) is 7.11 Å². The first-order valence-electron chi connectivity index (χ1n) is 3.82. The van der Waals surface area contributed by atoms with Gasteiger partial charge in [-0.15, -0.1) is 0 Å². The average molecular weight is 212 g/mol. The van der Waals surface area contributed by atoms with Crippen LogP contribution < -0.4 is 4.74 Å². The summed E-state index contributed by atoms with van der Waals surface area (Å²) in [6, 6.07) is 2.99. The maximum absolute atomic E-state index is 9.44. The Morgan fingerprint density at radius 3 is 2.64 bits per heavy atom. The quantitative estimate of drug-likeness (QED) is 0.781. The maximum Gasteiger partial charge on any atom is 0.161 e. The SMILES string of the molecule is C=Nc1cc(O)c(OC)cc1C(=C)Cl. The fraction of sp³-hybridized carbons (Fsp3) is 0.100. The van der Waals surface area contributed by atoms with Crippen LogP contribution in [0.4, 0.5) is 5.69 Å². The lowest BCUT2D eigenvalue weighted by Crippen LogP contribution is -1.86. The van der Waals surface area contributed by atoms with E-state index in [1.54, 1.807) is 6.07 Å². The highest BCUT2D eigenvalue weighted by atomic mass is 35.5. The standard InChI is InChI=1S/C10H10ClNO2/c1-6(11)7-4-10(14-3)9(13)5-8(7)12-2/h4-5,13H,1-2H2,3H3. The topological polar surface area (TPSA) is 41.8 Å². The van der Waals surface area contributed by atoms with Crippen molar-refractivity contribution in [1.82, 2.24) is 0 Å². The summed E-state index contributed by atoms with van der Waals surface area (Å²) in [5.41, 5.74) is 1.07. The Kier molecular flexibility index (Phi) is 3.14. The smallest absolute Gasteiger partial charge is 0.161 e. The zero-order valence-corrected chi connectivity index (χ0v) is 8.51. The van der Waals surface area contributed by atoms with Gasteiger partial charge in [-0.25, -0.2) is 0 Å². The Hall–Kier alpha value is -1.48. The molecule has 0 saturated carbocycles. The van der Waals surface area contributed by atoms with Crippen molar-refractivity contribution in [3.05, 3.63) is 24.3 Å². The van der Waals surface area contributed by atoms with Gasteiger partial charge in [-0.05, 0) is 12.8 Å². The molecule has 0 unspecified atom stereocenters. The molecule has 0 fully saturated rings. The second-order valence-electron chi connectivity index (χ2n) is 2.60. The molecule has 0 heterocycles. The fourth-order valence-electron chi connectivity index (χ4n) is 1.07. The number of aliphatic imine (C=N–C) groups is 1. The Balaban J connectivity index is 3.39. The van der Waals surface area contributed by atoms with Gasteiger partial charge < -0.3 is 9.84 Å². The van der Waals surface area contributed by atoms with E-state index in [0.717, 1.165) is 0 Å². The molecule has 1 aromatic rings. The molecule has 4 heteroatoms. The van der Waals surface area contributed by atoms with Gasteiger partial charge in [-0.3, -0.25) is 4.99 Å². The van der Waals surface area contributed by atoms with Crippen molar-refractivity contribution in [3.8, 4) is 11.5 Å². The summed E-state index contributed by atoms with van der Waals surface area (Å²) in [4.78, 5) is 3.72. The third-order valence-corrected chi connectivity index (χ3v) is 1.96. The molecular formula is C10H10ClNO2. The number of halogens is 1. The number of hydrogen-bond acceptors (Lipinski definition) is 3. The van der Waals surface area contributed by atoms with Gasteiger partial charge in [0.2, 0.25) is 0 Å². The van der Waals surface area contributed by atoms with Crippen LogP contribution in [0.1, 0.15) is 5.56 Å². The predicted molar refractivity (Wildman–Crippen MR) is 58.8 cm³/mol. The van der Waals surface area contributed by atoms with Crippen molar-refractivity contribution in [3.63, 3.8) is 0 Å². The van der Waals surface area contributed by atoms with Gasteiger partial charge in [0.05, 0.1) is 12.8 Å². The third-order valence-electron chi connectivity index (χ3n) is 1.76. The summed E-state index contributed by atoms with van der Waals surface area (Å²) < 4.78 is 4.92. The molecule has 0 atom stereocenters. The fourth-order valence-corrected chi connectivity index (χ4v) is 1.22. The summed E-state index contributed by atoms with van der Waals surface area (Å²) in [5, 5.41) is 9.77. The minimum Gasteiger partial charge on any atom is -0.504 e. The number of aromatic hydroxyl groups is 1. The molecule has 0 spiro atoms. The molecule has 0 aliphatic heterocycles. The summed E-state index contributed by atoms with van der Waals surface area (Å²) in [6.45, 7) is 6.95. The molecule has 0 bridgehead atoms. The lowest BCUT2D eigenvalue weighted by Gasteiger charge is -2.08. The average Bonchev–Trinajstić information content (AvgIpc) is 2.16. The molecule has 1 rings (SSSR count). The molecule has 14 heavy (non-hydrogen) atoms. The van der Waals surface area contributed by atoms with E-state index in [0.29, 0.717) is 22.0 Å². The van der Waals surface area contributed by atoms with Crippen LogP contribution in [0.3, 0.4) is 0 Å². The first-order valence-corrected chi connectivity index (χ1v) is 4.20. The van der Waals surface area contributed by atoms with Crippen LogP contribution in [0.2, 0.25) is 0 Å². The van der Waals surface area contributed by atoms with E-state index in [2.05, 4.69) is 18.3 Å². The number of phenols is 1. The van der Waals surface area contributed by atoms with Crippen molar-refractivity contribution in [2.45, 2.75) is 0 Å². The van der Waals surface area contributed by atoms with Gasteiger partial charge in [0.15, 0.2) is 11.5 Å². The van der Waals surface area contributed by atoms with Crippen LogP contribution in [0.25, 0.3) is 5.03 Å². The molecule has 3 nitrogen and oxygen atoms in total. The molecule has 1 aromatic carbocycles. The monoisotopic (exact) mass is 211 g/mol. The molecule has 1 N–H and O–H groups in total. The molecule has 0 aromatic heterocycles. The first kappa shape index (κ1) is 10.6. The van der Waals surface area contributed by atoms with Crippen LogP contribution in [0.15, 0.2) is 23.7 Å². The second-order valence-corrected chi connectivity index (χ2v) is 3.06. The molecular weight excluding hydrogens is 202 g/mol. The lowest BCUT2D eigenvalue weighted by atomic mass is 10.1. The van der Waals surface area contributed by atoms with E-state index in [1.807, 2.05) is 0 Å². The number of benzene rings is 1. The van der Waals surface area contributed by atoms with E-state index in [4.69, 9.17) is 16.3 Å². The zero-order chi connectivity index (χ0) is 10.7. The molecule has 0 saturated heterocycles. The first-order chi connectivity index (χ1) is 6.60. The highest BCUT2D eigenvalue weighted by molar-refractivity contribution is 6.48. The van der Waals surface area contributed by atoms with E-state index < -0.39 is 0 Å². The molecule has 0 radical (unpaired) electrons. The Morgan fingerprint density at radius 2 is 2.21 bits per heavy atom. The summed E-state index contributed by atoms with van der Waals surface area (Å²) in [5.74, 6) is 0.325. The van der Waals surface area contributed by atoms with Gasteiger partial charge in [0.25, 0.3) is 0 Å². The Morgan fingerprint density at radius 1 is 1.57 bits per heavy atom. The summed E-state index contributed by atoms with van der Waals surface area (Å²) in [6.07, 6.45) is 0. The maximum atomic E-state index is 9.44. The number of methoxy groups -OCH3 is 1. The minimum atomic E-state index is -0.00318. The normalized spacial score (nSPS) is 9.57. The van der Waals surface area contributed by atoms with Gasteiger partial charge in [-0.1, -0.05) is 18.2 Å². The zero-order valence-electron chi connectivity index (χ0n) is 7.75. The van der Waals surface area contributed by atoms with Crippen molar-refractivity contribution in [2.24, 2.45) is 4.99 Å². The molecule has 74 valence electrons. The van der Waals surface area contributed by atoms with Crippen LogP contribution in [0, 0.1) is 0 Å². The van der Waals surface area contributed by atoms with Crippen LogP contribution in [0.5, 0.6) is 11.5 Å². The predicted octanol–water partition coefficient (Wildman–Crippen LogP) is 2.94. The van der Waals surface area contributed by atoms with Crippen LogP contribution in [-0.2, 0) is 0 Å². The molecule has 0 aliphatic rings. The minimum absolute atomic E-state index is 0.00318. The van der Waals surface area contributed by atoms with Gasteiger partial charge in [-0.2, -0.15) is 0 Å². The number of ether oxygens (including phenoxy) is 1. The summed E-state index contributed by atoms with van der Waals surface area (Å²) >= 11 is 5.75. The Labute approximate surface area is 87.3 Å². The van der Waals surface area contributed by atoms with E-state index in [1.165, 1.54) is 13.2 Å². The van der Waals surface area contributed by atoms with Crippen molar-refractivity contribution >= 4 is 29.0 Å². The summed E-state index contributed by atoms with van der Waals surface area (Å²) in [7, 11) is 1.46. The van der Waals surface area contributed by atoms with Crippen molar-refractivity contribution < 1.29 is 9.84 Å². The second kappa shape index (κ2) is 4.15. The van der Waals surface area contributed by atoms with Gasteiger partial charge in [0, 0.05) is 16.7 Å². The largest absolute Gasteiger partial charge is 0.504 e. The van der Waals surface area contributed by atoms with Crippen LogP contribution >= 0.6 is 11.6 Å². The lowest BCUT2D eigenvalue weighted by molar-refractivity contribution is 0.373. The van der Waals surface area contributed by atoms with E-state index >= 15 is 0 Å². The Bertz CT molecular complexity index is 388. The van der Waals surface area contributed by atoms with E-state index in [9.17, 15) is 5.11 Å². The molecule has 0 amide bonds. The van der Waals surface area contributed by atoms with Crippen LogP contribution in [-0.4, -0.2) is 18.9 Å². The van der Waals surface area contributed by atoms with Crippen molar-refractivity contribution in [1.29, 1.82) is 0 Å². The van der Waals surface area contributed by atoms with E-state index in [-0.39, 0.29) is 5.75 Å². The molecule has 0 aliphatic carbocycles. The number of phenolic OH excluding ortho intramolecular Hbond substituents is 1. The highest BCUT2D eigenvalue weighted by Gasteiger charge is 2.09. The highest BCUT2D eigenvalue weighted by Crippen LogP contribution is 2.37.